The minimum Gasteiger partial charge on any atom is -0.494 e. The molecule has 4 rings (SSSR count). The van der Waals surface area contributed by atoms with E-state index in [1.54, 1.807) is 24.5 Å². The van der Waals surface area contributed by atoms with Crippen molar-refractivity contribution in [1.82, 2.24) is 14.3 Å². The van der Waals surface area contributed by atoms with Crippen LogP contribution in [0.5, 0.6) is 5.75 Å². The molecule has 0 radical (unpaired) electrons. The zero-order valence-corrected chi connectivity index (χ0v) is 14.9. The third kappa shape index (κ3) is 2.93. The summed E-state index contributed by atoms with van der Waals surface area (Å²) in [7, 11) is 1.65. The molecule has 0 spiro atoms. The smallest absolute Gasteiger partial charge is 0.209 e. The number of fused-ring (bicyclic) bond motifs is 1. The van der Waals surface area contributed by atoms with Gasteiger partial charge in [-0.05, 0) is 35.8 Å². The fraction of sp³-hybridized carbons (Fsp3) is 0.190. The highest BCUT2D eigenvalue weighted by Crippen LogP contribution is 2.37. The number of aromatic nitrogens is 2. The second kappa shape index (κ2) is 6.96. The number of hydrogen-bond donors (Lipinski definition) is 0. The Bertz CT molecular complexity index is 1070. The van der Waals surface area contributed by atoms with Crippen LogP contribution in [0.25, 0.3) is 22.2 Å². The molecule has 2 aromatic heterocycles. The van der Waals surface area contributed by atoms with Crippen LogP contribution in [0.1, 0.15) is 17.7 Å². The maximum atomic E-state index is 11.0. The molecular formula is C21H18N4O2. The lowest BCUT2D eigenvalue weighted by Crippen LogP contribution is -2.27. The van der Waals surface area contributed by atoms with E-state index in [4.69, 9.17) is 10.00 Å². The van der Waals surface area contributed by atoms with Crippen LogP contribution in [-0.2, 0) is 4.79 Å². The first kappa shape index (κ1) is 16.9. The quantitative estimate of drug-likeness (QED) is 0.672. The number of nitriles is 1. The number of methoxy groups -OCH3 is 1. The van der Waals surface area contributed by atoms with Gasteiger partial charge in [0.25, 0.3) is 0 Å². The highest BCUT2D eigenvalue weighted by Gasteiger charge is 2.20. The number of carbonyl (C=O) groups excluding carboxylic acids is 1. The molecule has 134 valence electrons. The molecule has 3 heterocycles. The lowest BCUT2D eigenvalue weighted by atomic mass is 9.94. The van der Waals surface area contributed by atoms with Crippen molar-refractivity contribution in [1.29, 1.82) is 5.26 Å². The van der Waals surface area contributed by atoms with Gasteiger partial charge in [0.15, 0.2) is 0 Å². The Labute approximate surface area is 156 Å². The summed E-state index contributed by atoms with van der Waals surface area (Å²) in [6.07, 6.45) is 7.31. The molecule has 1 aromatic carbocycles. The molecule has 27 heavy (non-hydrogen) atoms. The normalized spacial score (nSPS) is 13.9. The summed E-state index contributed by atoms with van der Waals surface area (Å²) in [6.45, 7) is 1.28. The van der Waals surface area contributed by atoms with E-state index < -0.39 is 0 Å². The standard InChI is InChI=1S/C21H18N4O2/c1-27-20-10-18(16-4-2-15(11-22)3-5-16)21(25-13-23-12-19(20)25)17-6-8-24(14-26)9-7-17/h2-6,10,12-14H,7-9H2,1H3. The molecule has 6 nitrogen and oxygen atoms in total. The summed E-state index contributed by atoms with van der Waals surface area (Å²) in [4.78, 5) is 17.1. The van der Waals surface area contributed by atoms with Crippen LogP contribution in [0.4, 0.5) is 0 Å². The van der Waals surface area contributed by atoms with Gasteiger partial charge in [0.1, 0.15) is 11.3 Å². The molecule has 0 fully saturated rings. The summed E-state index contributed by atoms with van der Waals surface area (Å²) in [5.74, 6) is 0.738. The van der Waals surface area contributed by atoms with E-state index >= 15 is 0 Å². The van der Waals surface area contributed by atoms with Crippen LogP contribution in [0.2, 0.25) is 0 Å². The van der Waals surface area contributed by atoms with E-state index in [9.17, 15) is 4.79 Å². The van der Waals surface area contributed by atoms with Crippen molar-refractivity contribution in [3.63, 3.8) is 0 Å². The molecule has 0 N–H and O–H groups in total. The SMILES string of the molecule is COc1cc(-c2ccc(C#N)cc2)c(C2=CCN(C=O)CC2)n2cncc12. The van der Waals surface area contributed by atoms with E-state index in [1.807, 2.05) is 34.7 Å². The summed E-state index contributed by atoms with van der Waals surface area (Å²) >= 11 is 0. The second-order valence-corrected chi connectivity index (χ2v) is 6.39. The largest absolute Gasteiger partial charge is 0.494 e. The van der Waals surface area contributed by atoms with Gasteiger partial charge >= 0.3 is 0 Å². The number of imidazole rings is 1. The first-order chi connectivity index (χ1) is 13.2. The third-order valence-electron chi connectivity index (χ3n) is 4.90. The van der Waals surface area contributed by atoms with Gasteiger partial charge in [0.05, 0.1) is 37.0 Å². The third-order valence-corrected chi connectivity index (χ3v) is 4.90. The van der Waals surface area contributed by atoms with Crippen LogP contribution < -0.4 is 4.74 Å². The molecule has 1 aliphatic heterocycles. The number of rotatable bonds is 4. The van der Waals surface area contributed by atoms with Crippen molar-refractivity contribution in [2.75, 3.05) is 20.2 Å². The first-order valence-electron chi connectivity index (χ1n) is 8.67. The van der Waals surface area contributed by atoms with Gasteiger partial charge < -0.3 is 9.64 Å². The molecule has 1 amide bonds. The van der Waals surface area contributed by atoms with Gasteiger partial charge in [0, 0.05) is 18.7 Å². The van der Waals surface area contributed by atoms with Gasteiger partial charge in [-0.1, -0.05) is 18.2 Å². The Kier molecular flexibility index (Phi) is 4.35. The van der Waals surface area contributed by atoms with E-state index in [0.717, 1.165) is 46.5 Å². The van der Waals surface area contributed by atoms with Crippen LogP contribution in [0.15, 0.2) is 48.9 Å². The summed E-state index contributed by atoms with van der Waals surface area (Å²) < 4.78 is 7.62. The van der Waals surface area contributed by atoms with Crippen molar-refractivity contribution in [3.8, 4) is 22.9 Å². The number of carbonyl (C=O) groups is 1. The Balaban J connectivity index is 1.95. The molecule has 0 saturated heterocycles. The Morgan fingerprint density at radius 2 is 2.11 bits per heavy atom. The van der Waals surface area contributed by atoms with Gasteiger partial charge in [-0.3, -0.25) is 9.20 Å². The van der Waals surface area contributed by atoms with Crippen molar-refractivity contribution in [3.05, 3.63) is 60.2 Å². The summed E-state index contributed by atoms with van der Waals surface area (Å²) in [5.41, 5.74) is 5.72. The fourth-order valence-electron chi connectivity index (χ4n) is 3.49. The van der Waals surface area contributed by atoms with Crippen LogP contribution in [-0.4, -0.2) is 40.9 Å². The molecule has 6 heteroatoms. The molecule has 1 aliphatic rings. The molecule has 0 unspecified atom stereocenters. The molecule has 0 atom stereocenters. The zero-order valence-electron chi connectivity index (χ0n) is 14.9. The average molecular weight is 358 g/mol. The monoisotopic (exact) mass is 358 g/mol. The average Bonchev–Trinajstić information content (AvgIpc) is 3.22. The van der Waals surface area contributed by atoms with Crippen LogP contribution >= 0.6 is 0 Å². The Morgan fingerprint density at radius 1 is 1.30 bits per heavy atom. The van der Waals surface area contributed by atoms with Crippen LogP contribution in [0.3, 0.4) is 0 Å². The first-order valence-corrected chi connectivity index (χ1v) is 8.67. The van der Waals surface area contributed by atoms with E-state index in [2.05, 4.69) is 17.1 Å². The minimum absolute atomic E-state index is 0.591. The van der Waals surface area contributed by atoms with Gasteiger partial charge in [0.2, 0.25) is 6.41 Å². The van der Waals surface area contributed by atoms with E-state index in [1.165, 1.54) is 0 Å². The van der Waals surface area contributed by atoms with Crippen molar-refractivity contribution in [2.24, 2.45) is 0 Å². The van der Waals surface area contributed by atoms with Gasteiger partial charge in [-0.25, -0.2) is 4.98 Å². The molecular weight excluding hydrogens is 340 g/mol. The predicted octanol–water partition coefficient (Wildman–Crippen LogP) is 3.13. The summed E-state index contributed by atoms with van der Waals surface area (Å²) in [6, 6.07) is 11.7. The van der Waals surface area contributed by atoms with Crippen LogP contribution in [0, 0.1) is 11.3 Å². The topological polar surface area (TPSA) is 70.6 Å². The lowest BCUT2D eigenvalue weighted by Gasteiger charge is -2.25. The lowest BCUT2D eigenvalue weighted by molar-refractivity contribution is -0.117. The van der Waals surface area contributed by atoms with E-state index in [-0.39, 0.29) is 0 Å². The minimum atomic E-state index is 0.591. The maximum absolute atomic E-state index is 11.0. The number of pyridine rings is 1. The van der Waals surface area contributed by atoms with Crippen molar-refractivity contribution >= 4 is 17.5 Å². The highest BCUT2D eigenvalue weighted by atomic mass is 16.5. The Morgan fingerprint density at radius 3 is 2.74 bits per heavy atom. The van der Waals surface area contributed by atoms with E-state index in [0.29, 0.717) is 18.7 Å². The van der Waals surface area contributed by atoms with Crippen molar-refractivity contribution in [2.45, 2.75) is 6.42 Å². The zero-order chi connectivity index (χ0) is 18.8. The summed E-state index contributed by atoms with van der Waals surface area (Å²) in [5, 5.41) is 9.08. The number of amides is 1. The van der Waals surface area contributed by atoms with Crippen molar-refractivity contribution < 1.29 is 9.53 Å². The number of hydrogen-bond acceptors (Lipinski definition) is 4. The molecule has 3 aromatic rings. The number of benzene rings is 1. The fourth-order valence-corrected chi connectivity index (χ4v) is 3.49. The predicted molar refractivity (Wildman–Crippen MR) is 102 cm³/mol. The molecule has 0 saturated carbocycles. The molecule has 0 bridgehead atoms. The van der Waals surface area contributed by atoms with Gasteiger partial charge in [-0.2, -0.15) is 5.26 Å². The van der Waals surface area contributed by atoms with Gasteiger partial charge in [-0.15, -0.1) is 0 Å². The highest BCUT2D eigenvalue weighted by molar-refractivity contribution is 5.84. The second-order valence-electron chi connectivity index (χ2n) is 6.39. The maximum Gasteiger partial charge on any atom is 0.209 e. The number of ether oxygens (including phenoxy) is 1. The Hall–Kier alpha value is -3.59. The molecule has 0 aliphatic carbocycles. The number of nitrogens with zero attached hydrogens (tertiary/aromatic N) is 4.